The minimum atomic E-state index is -2.40. The Labute approximate surface area is 79.9 Å². The van der Waals surface area contributed by atoms with Gasteiger partial charge in [-0.3, -0.25) is 5.43 Å². The first-order chi connectivity index (χ1) is 6.63. The maximum atomic E-state index is 12.0. The molecule has 0 unspecified atom stereocenters. The van der Waals surface area contributed by atoms with Gasteiger partial charge in [-0.05, 0) is 6.07 Å². The highest BCUT2D eigenvalue weighted by atomic mass is 19.3. The second kappa shape index (κ2) is 4.66. The van der Waals surface area contributed by atoms with Gasteiger partial charge < -0.3 is 4.90 Å². The van der Waals surface area contributed by atoms with E-state index in [-0.39, 0.29) is 12.5 Å². The van der Waals surface area contributed by atoms with Crippen molar-refractivity contribution in [1.29, 1.82) is 0 Å². The second-order valence-electron chi connectivity index (χ2n) is 2.65. The highest BCUT2D eigenvalue weighted by Crippen LogP contribution is 2.10. The average molecular weight is 203 g/mol. The van der Waals surface area contributed by atoms with Gasteiger partial charge in [-0.1, -0.05) is 0 Å². The number of hydrogen-bond acceptors (Lipinski definition) is 5. The molecule has 3 N–H and O–H groups in total. The van der Waals surface area contributed by atoms with Crippen LogP contribution in [-0.4, -0.2) is 30.0 Å². The third-order valence-electron chi connectivity index (χ3n) is 1.57. The molecule has 0 spiro atoms. The summed E-state index contributed by atoms with van der Waals surface area (Å²) < 4.78 is 24.1. The third-order valence-corrected chi connectivity index (χ3v) is 1.57. The van der Waals surface area contributed by atoms with Gasteiger partial charge in [0.05, 0.1) is 6.54 Å². The molecule has 0 aliphatic carbocycles. The number of nitrogens with two attached hydrogens (primary N) is 1. The largest absolute Gasteiger partial charge is 0.354 e. The standard InChI is InChI=1S/C7H11F2N5/c1-14(4-5(8)9)6-2-3-11-7(12-6)13-10/h2-3,5H,4,10H2,1H3,(H,11,12,13). The maximum Gasteiger partial charge on any atom is 0.255 e. The Morgan fingerprint density at radius 1 is 1.64 bits per heavy atom. The van der Waals surface area contributed by atoms with Gasteiger partial charge in [0, 0.05) is 13.2 Å². The predicted molar refractivity (Wildman–Crippen MR) is 49.1 cm³/mol. The summed E-state index contributed by atoms with van der Waals surface area (Å²) in [6.07, 6.45) is -0.955. The number of alkyl halides is 2. The molecule has 0 radical (unpaired) electrons. The number of anilines is 2. The Morgan fingerprint density at radius 2 is 2.36 bits per heavy atom. The Morgan fingerprint density at radius 3 is 2.93 bits per heavy atom. The first kappa shape index (κ1) is 10.6. The molecule has 1 aromatic heterocycles. The van der Waals surface area contributed by atoms with Gasteiger partial charge in [-0.15, -0.1) is 0 Å². The van der Waals surface area contributed by atoms with Crippen molar-refractivity contribution in [3.05, 3.63) is 12.3 Å². The smallest absolute Gasteiger partial charge is 0.255 e. The van der Waals surface area contributed by atoms with Gasteiger partial charge in [0.2, 0.25) is 5.95 Å². The van der Waals surface area contributed by atoms with Gasteiger partial charge in [0.25, 0.3) is 6.43 Å². The maximum absolute atomic E-state index is 12.0. The van der Waals surface area contributed by atoms with Gasteiger partial charge in [0.15, 0.2) is 0 Å². The molecule has 0 aliphatic rings. The molecule has 0 saturated carbocycles. The lowest BCUT2D eigenvalue weighted by Crippen LogP contribution is -2.25. The molecule has 1 rings (SSSR count). The molecular formula is C7H11F2N5. The van der Waals surface area contributed by atoms with E-state index in [1.54, 1.807) is 0 Å². The molecule has 78 valence electrons. The number of hydrogen-bond donors (Lipinski definition) is 2. The zero-order valence-corrected chi connectivity index (χ0v) is 7.61. The highest BCUT2D eigenvalue weighted by Gasteiger charge is 2.09. The Kier molecular flexibility index (Phi) is 3.52. The van der Waals surface area contributed by atoms with Crippen LogP contribution in [0.1, 0.15) is 0 Å². The lowest BCUT2D eigenvalue weighted by atomic mass is 10.5. The first-order valence-electron chi connectivity index (χ1n) is 3.92. The number of nitrogens with zero attached hydrogens (tertiary/aromatic N) is 3. The highest BCUT2D eigenvalue weighted by molar-refractivity contribution is 5.41. The van der Waals surface area contributed by atoms with E-state index >= 15 is 0 Å². The van der Waals surface area contributed by atoms with Crippen LogP contribution in [0.25, 0.3) is 0 Å². The van der Waals surface area contributed by atoms with Crippen molar-refractivity contribution in [3.8, 4) is 0 Å². The Hall–Kier alpha value is -1.50. The van der Waals surface area contributed by atoms with Crippen LogP contribution >= 0.6 is 0 Å². The summed E-state index contributed by atoms with van der Waals surface area (Å²) in [7, 11) is 1.52. The monoisotopic (exact) mass is 203 g/mol. The summed E-state index contributed by atoms with van der Waals surface area (Å²) in [6, 6.07) is 1.53. The fourth-order valence-corrected chi connectivity index (χ4v) is 0.932. The molecule has 0 saturated heterocycles. The number of nitrogen functional groups attached to an aromatic ring is 1. The molecule has 0 aliphatic heterocycles. The van der Waals surface area contributed by atoms with Crippen LogP contribution in [0.15, 0.2) is 12.3 Å². The van der Waals surface area contributed by atoms with Gasteiger partial charge in [0.1, 0.15) is 5.82 Å². The van der Waals surface area contributed by atoms with Crippen molar-refractivity contribution in [2.45, 2.75) is 6.43 Å². The van der Waals surface area contributed by atoms with Gasteiger partial charge in [-0.25, -0.2) is 19.6 Å². The van der Waals surface area contributed by atoms with E-state index in [1.165, 1.54) is 24.2 Å². The van der Waals surface area contributed by atoms with E-state index in [4.69, 9.17) is 5.84 Å². The quantitative estimate of drug-likeness (QED) is 0.549. The molecule has 0 fully saturated rings. The van der Waals surface area contributed by atoms with E-state index in [1.807, 2.05) is 0 Å². The van der Waals surface area contributed by atoms with Crippen molar-refractivity contribution < 1.29 is 8.78 Å². The number of rotatable bonds is 4. The molecule has 0 amide bonds. The summed E-state index contributed by atoms with van der Waals surface area (Å²) in [5.41, 5.74) is 2.24. The molecular weight excluding hydrogens is 192 g/mol. The molecule has 0 aromatic carbocycles. The van der Waals surface area contributed by atoms with E-state index in [0.29, 0.717) is 5.82 Å². The third kappa shape index (κ3) is 2.77. The van der Waals surface area contributed by atoms with Crippen molar-refractivity contribution >= 4 is 11.8 Å². The minimum Gasteiger partial charge on any atom is -0.354 e. The Bertz CT molecular complexity index is 293. The lowest BCUT2D eigenvalue weighted by Gasteiger charge is -2.17. The van der Waals surface area contributed by atoms with Crippen molar-refractivity contribution in [3.63, 3.8) is 0 Å². The fraction of sp³-hybridized carbons (Fsp3) is 0.429. The van der Waals surface area contributed by atoms with Gasteiger partial charge >= 0.3 is 0 Å². The Balaban J connectivity index is 2.73. The van der Waals surface area contributed by atoms with E-state index in [0.717, 1.165) is 0 Å². The van der Waals surface area contributed by atoms with E-state index < -0.39 is 6.43 Å². The minimum absolute atomic E-state index is 0.198. The number of hydrazine groups is 1. The van der Waals surface area contributed by atoms with Crippen LogP contribution in [0.5, 0.6) is 0 Å². The van der Waals surface area contributed by atoms with Crippen LogP contribution in [-0.2, 0) is 0 Å². The van der Waals surface area contributed by atoms with E-state index in [2.05, 4.69) is 15.4 Å². The lowest BCUT2D eigenvalue weighted by molar-refractivity contribution is 0.156. The molecule has 0 atom stereocenters. The summed E-state index contributed by atoms with van der Waals surface area (Å²) >= 11 is 0. The first-order valence-corrected chi connectivity index (χ1v) is 3.92. The predicted octanol–water partition coefficient (Wildman–Crippen LogP) is 0.463. The summed E-state index contributed by atoms with van der Waals surface area (Å²) in [5, 5.41) is 0. The molecule has 0 bridgehead atoms. The van der Waals surface area contributed by atoms with E-state index in [9.17, 15) is 8.78 Å². The van der Waals surface area contributed by atoms with Crippen molar-refractivity contribution in [1.82, 2.24) is 9.97 Å². The molecule has 5 nitrogen and oxygen atoms in total. The van der Waals surface area contributed by atoms with Crippen LogP contribution in [0.3, 0.4) is 0 Å². The van der Waals surface area contributed by atoms with Crippen molar-refractivity contribution in [2.24, 2.45) is 5.84 Å². The molecule has 14 heavy (non-hydrogen) atoms. The number of aromatic nitrogens is 2. The van der Waals surface area contributed by atoms with Gasteiger partial charge in [-0.2, -0.15) is 4.98 Å². The van der Waals surface area contributed by atoms with Crippen LogP contribution in [0.4, 0.5) is 20.5 Å². The topological polar surface area (TPSA) is 67.1 Å². The van der Waals surface area contributed by atoms with Crippen LogP contribution in [0, 0.1) is 0 Å². The summed E-state index contributed by atoms with van der Waals surface area (Å²) in [4.78, 5) is 8.97. The summed E-state index contributed by atoms with van der Waals surface area (Å²) in [6.45, 7) is -0.374. The normalized spacial score (nSPS) is 10.4. The van der Waals surface area contributed by atoms with Crippen molar-refractivity contribution in [2.75, 3.05) is 23.9 Å². The second-order valence-corrected chi connectivity index (χ2v) is 2.65. The number of nitrogens with one attached hydrogen (secondary N) is 1. The molecule has 1 heterocycles. The van der Waals surface area contributed by atoms with Crippen LogP contribution in [0.2, 0.25) is 0 Å². The molecule has 1 aromatic rings. The SMILES string of the molecule is CN(CC(F)F)c1ccnc(NN)n1. The summed E-state index contributed by atoms with van der Waals surface area (Å²) in [5.74, 6) is 5.67. The number of halogens is 2. The van der Waals surface area contributed by atoms with Crippen LogP contribution < -0.4 is 16.2 Å². The zero-order chi connectivity index (χ0) is 10.6. The average Bonchev–Trinajstić information content (AvgIpc) is 2.17. The zero-order valence-electron chi connectivity index (χ0n) is 7.61. The molecule has 7 heteroatoms. The fourth-order valence-electron chi connectivity index (χ4n) is 0.932.